The number of rotatable bonds is 16. The van der Waals surface area contributed by atoms with Gasteiger partial charge in [-0.1, -0.05) is 93.9 Å². The summed E-state index contributed by atoms with van der Waals surface area (Å²) in [6.45, 7) is 12.0. The standard InChI is InChI=1S/C25H18Cl2FN5O.C25H20ClFN4O3.C24H17Cl2FN4O2.C21H17ClFN3O/c26-21-13-22(28)19(12-18(21)20(14-29)23-3-4-25(27)32-31-23)16-5-6-30-24-11-15(1-2-17(16)24)33-7-9-34-10-8-33;1-33-24-5-4-22(29-30-24)25(32)19-13-18(21(27)14-20(19)26)16-6-7-28-23-12-15(2-3-17(16)23)31-8-10-34-11-9-31;25-19-13-20(27)17(12-18(19)24(32)21-3-4-23(26)30-29-21)15-5-6-28-22-11-14(1-2-16(15)22)31-7-9-33-10-8-31;22-19-13-20(23)18(11-14(19)3-5-24)16-4-6-25-21-12-15(1-2-17(16)21)26-7-9-27-10-8-26/h1-6,11-13,20H,7-10H2;2-7,12-14H,8-11H2,1H3;1-6,11-13H,7-10H2;1-2,4,6,11-13H,3,7-10H2. The summed E-state index contributed by atoms with van der Waals surface area (Å²) in [7, 11) is 1.46. The third kappa shape index (κ3) is 19.8. The summed E-state index contributed by atoms with van der Waals surface area (Å²) in [5, 5.41) is 45.9. The van der Waals surface area contributed by atoms with E-state index >= 15 is 13.2 Å². The molecule has 8 aromatic carbocycles. The number of hydrogen-bond acceptors (Lipinski definition) is 23. The summed E-state index contributed by atoms with van der Waals surface area (Å²) in [6, 6.07) is 55.1. The molecule has 1 unspecified atom stereocenters. The maximum absolute atomic E-state index is 15.2. The topological polar surface area (TPSA) is 270 Å². The van der Waals surface area contributed by atoms with Crippen LogP contribution in [0.5, 0.6) is 5.88 Å². The highest BCUT2D eigenvalue weighted by molar-refractivity contribution is 6.36. The number of ketones is 2. The van der Waals surface area contributed by atoms with Gasteiger partial charge in [-0.2, -0.15) is 15.6 Å². The highest BCUT2D eigenvalue weighted by atomic mass is 35.5. The number of carbonyl (C=O) groups is 2. The van der Waals surface area contributed by atoms with Crippen LogP contribution in [0, 0.1) is 45.9 Å². The number of fused-ring (bicyclic) bond motifs is 4. The van der Waals surface area contributed by atoms with Crippen LogP contribution in [-0.4, -0.2) is 174 Å². The fourth-order valence-electron chi connectivity index (χ4n) is 15.5. The van der Waals surface area contributed by atoms with E-state index < -0.39 is 40.8 Å². The van der Waals surface area contributed by atoms with E-state index in [1.165, 1.54) is 55.6 Å². The molecule has 0 saturated carbocycles. The number of methoxy groups -OCH3 is 1. The number of hydrogen-bond donors (Lipinski definition) is 0. The third-order valence-electron chi connectivity index (χ3n) is 22.0. The van der Waals surface area contributed by atoms with Crippen LogP contribution in [0.15, 0.2) is 207 Å². The summed E-state index contributed by atoms with van der Waals surface area (Å²) in [4.78, 5) is 52.9. The molecule has 0 aliphatic carbocycles. The van der Waals surface area contributed by atoms with Crippen molar-refractivity contribution in [3.8, 4) is 62.5 Å². The van der Waals surface area contributed by atoms with Gasteiger partial charge in [0.1, 0.15) is 40.6 Å². The Morgan fingerprint density at radius 1 is 0.383 bits per heavy atom. The maximum atomic E-state index is 15.2. The Labute approximate surface area is 760 Å². The monoisotopic (exact) mass is 1830 g/mol. The first-order valence-electron chi connectivity index (χ1n) is 40.3. The van der Waals surface area contributed by atoms with Crippen LogP contribution in [0.2, 0.25) is 30.4 Å². The largest absolute Gasteiger partial charge is 0.480 e. The summed E-state index contributed by atoms with van der Waals surface area (Å²) in [5.74, 6) is -3.47. The molecule has 0 bridgehead atoms. The van der Waals surface area contributed by atoms with Crippen LogP contribution in [0.25, 0.3) is 88.1 Å². The SMILES string of the molecule is COc1ccc(C(=O)c2cc(-c3ccnc4cc(N5CCOCC5)ccc34)c(F)cc2Cl)nn1.N#CC(c1ccc(Cl)nn1)c1cc(-c2ccnc3cc(N4CCOCC4)ccc23)c(F)cc1Cl.N#CCc1cc(-c2ccnc3cc(N4CCOCC4)ccc23)c(F)cc1Cl.O=C(c1ccc(Cl)nn1)c1cc(-c2ccnc3cc(N4CCOCC4)ccc23)c(F)cc1Cl. The average Bonchev–Trinajstić information content (AvgIpc) is 0.777. The molecule has 1 atom stereocenters. The average molecular weight is 1840 g/mol. The van der Waals surface area contributed by atoms with Gasteiger partial charge >= 0.3 is 0 Å². The van der Waals surface area contributed by atoms with Crippen molar-refractivity contribution < 1.29 is 50.8 Å². The Morgan fingerprint density at radius 3 is 1.06 bits per heavy atom. The van der Waals surface area contributed by atoms with Crippen LogP contribution in [-0.2, 0) is 25.4 Å². The molecule has 0 N–H and O–H groups in total. The third-order valence-corrected chi connectivity index (χ3v) is 23.7. The van der Waals surface area contributed by atoms with Crippen molar-refractivity contribution in [2.45, 2.75) is 12.3 Å². The highest BCUT2D eigenvalue weighted by Gasteiger charge is 2.28. The number of ether oxygens (including phenoxy) is 5. The quantitative estimate of drug-likeness (QED) is 0.0642. The minimum Gasteiger partial charge on any atom is -0.480 e. The molecule has 128 heavy (non-hydrogen) atoms. The Morgan fingerprint density at radius 2 is 0.727 bits per heavy atom. The number of benzene rings is 8. The molecule has 4 fully saturated rings. The van der Waals surface area contributed by atoms with Crippen LogP contribution in [0.1, 0.15) is 54.8 Å². The van der Waals surface area contributed by atoms with Crippen molar-refractivity contribution >= 4 is 148 Å². The molecule has 0 amide bonds. The van der Waals surface area contributed by atoms with Crippen molar-refractivity contribution in [3.05, 3.63) is 300 Å². The Kier molecular flexibility index (Phi) is 28.1. The van der Waals surface area contributed by atoms with Gasteiger partial charge in [0.25, 0.3) is 0 Å². The number of aromatic nitrogens is 10. The first-order chi connectivity index (χ1) is 62.3. The number of anilines is 4. The van der Waals surface area contributed by atoms with Gasteiger partial charge in [0.2, 0.25) is 17.4 Å². The summed E-state index contributed by atoms with van der Waals surface area (Å²) >= 11 is 36.5. The normalized spacial score (nSPS) is 14.2. The molecule has 4 aliphatic rings. The van der Waals surface area contributed by atoms with Gasteiger partial charge in [-0.05, 0) is 185 Å². The van der Waals surface area contributed by atoms with E-state index in [-0.39, 0.29) is 76.3 Å². The number of halogens is 10. The number of carbonyl (C=O) groups excluding carboxylic acids is 2. The van der Waals surface area contributed by atoms with Crippen LogP contribution < -0.4 is 24.3 Å². The molecule has 4 aliphatic heterocycles. The molecule has 7 aromatic heterocycles. The maximum Gasteiger partial charge on any atom is 0.233 e. The number of pyridine rings is 4. The van der Waals surface area contributed by atoms with E-state index in [0.717, 1.165) is 136 Å². The molecule has 33 heteroatoms. The van der Waals surface area contributed by atoms with Gasteiger partial charge in [-0.3, -0.25) is 29.5 Å². The second-order valence-corrected chi connectivity index (χ2v) is 32.0. The van der Waals surface area contributed by atoms with Gasteiger partial charge in [0.05, 0.1) is 116 Å². The number of nitrogens with zero attached hydrogens (tertiary/aromatic N) is 16. The lowest BCUT2D eigenvalue weighted by Gasteiger charge is -2.29. The zero-order valence-electron chi connectivity index (χ0n) is 68.0. The molecular weight excluding hydrogens is 1770 g/mol. The summed E-state index contributed by atoms with van der Waals surface area (Å²) in [6.07, 6.45) is 6.72. The summed E-state index contributed by atoms with van der Waals surface area (Å²) < 4.78 is 86.7. The van der Waals surface area contributed by atoms with E-state index in [9.17, 15) is 19.2 Å². The van der Waals surface area contributed by atoms with Crippen LogP contribution >= 0.6 is 69.6 Å². The van der Waals surface area contributed by atoms with Crippen molar-refractivity contribution in [2.75, 3.05) is 132 Å². The first kappa shape index (κ1) is 88.7. The van der Waals surface area contributed by atoms with Gasteiger partial charge in [0, 0.05) is 171 Å². The predicted molar refractivity (Wildman–Crippen MR) is 487 cm³/mol. The minimum atomic E-state index is -0.836. The van der Waals surface area contributed by atoms with E-state index in [2.05, 4.69) is 82.3 Å². The predicted octanol–water partition coefficient (Wildman–Crippen LogP) is 20.0. The summed E-state index contributed by atoms with van der Waals surface area (Å²) in [5.41, 5.74) is 12.9. The van der Waals surface area contributed by atoms with Gasteiger partial charge < -0.3 is 43.3 Å². The minimum absolute atomic E-state index is 0.00293. The lowest BCUT2D eigenvalue weighted by molar-refractivity contribution is 0.102. The van der Waals surface area contributed by atoms with E-state index in [4.69, 9.17) is 98.6 Å². The molecule has 11 heterocycles. The van der Waals surface area contributed by atoms with Crippen molar-refractivity contribution in [2.24, 2.45) is 0 Å². The molecule has 15 aromatic rings. The van der Waals surface area contributed by atoms with Crippen molar-refractivity contribution in [1.29, 1.82) is 10.5 Å². The Balaban J connectivity index is 0.000000126. The number of nitriles is 2. The molecule has 4 saturated heterocycles. The lowest BCUT2D eigenvalue weighted by Crippen LogP contribution is -2.36. The van der Waals surface area contributed by atoms with E-state index in [0.29, 0.717) is 97.5 Å². The Hall–Kier alpha value is -12.7. The van der Waals surface area contributed by atoms with E-state index in [1.54, 1.807) is 73.3 Å². The lowest BCUT2D eigenvalue weighted by atomic mass is 9.92. The molecule has 23 nitrogen and oxygen atoms in total. The van der Waals surface area contributed by atoms with E-state index in [1.807, 2.05) is 72.8 Å². The van der Waals surface area contributed by atoms with Crippen molar-refractivity contribution in [3.63, 3.8) is 0 Å². The first-order valence-corrected chi connectivity index (χ1v) is 42.6. The molecule has 0 spiro atoms. The zero-order chi connectivity index (χ0) is 89.1. The second-order valence-electron chi connectivity index (χ2n) is 29.6. The van der Waals surface area contributed by atoms with Gasteiger partial charge in [0.15, 0.2) is 10.3 Å². The van der Waals surface area contributed by atoms with Gasteiger partial charge in [-0.15, -0.1) is 25.5 Å². The Bertz CT molecular complexity index is 6790. The fourth-order valence-corrected chi connectivity index (χ4v) is 16.6. The molecule has 19 rings (SSSR count). The molecule has 0 radical (unpaired) electrons. The smallest absolute Gasteiger partial charge is 0.233 e. The zero-order valence-corrected chi connectivity index (χ0v) is 72.6. The molecule has 644 valence electrons. The molecular formula is C95H72Cl6F4N16O7. The fraction of sp³-hybridized carbons (Fsp3) is 0.200. The highest BCUT2D eigenvalue weighted by Crippen LogP contribution is 2.42. The van der Waals surface area contributed by atoms with Crippen molar-refractivity contribution in [1.82, 2.24) is 50.5 Å². The number of morpholine rings is 4. The second kappa shape index (κ2) is 40.5. The van der Waals surface area contributed by atoms with Gasteiger partial charge in [-0.25, -0.2) is 17.6 Å². The van der Waals surface area contributed by atoms with Crippen LogP contribution in [0.3, 0.4) is 0 Å². The van der Waals surface area contributed by atoms with Crippen LogP contribution in [0.4, 0.5) is 40.3 Å².